The lowest BCUT2D eigenvalue weighted by Crippen LogP contribution is -2.31. The molecular formula is C20H17F2N3O3. The Morgan fingerprint density at radius 2 is 2.04 bits per heavy atom. The van der Waals surface area contributed by atoms with Crippen molar-refractivity contribution in [3.63, 3.8) is 0 Å². The molecule has 0 saturated carbocycles. The molecule has 1 amide bonds. The summed E-state index contributed by atoms with van der Waals surface area (Å²) in [6.45, 7) is -2.85. The van der Waals surface area contributed by atoms with Gasteiger partial charge >= 0.3 is 6.61 Å². The van der Waals surface area contributed by atoms with E-state index >= 15 is 0 Å². The predicted molar refractivity (Wildman–Crippen MR) is 96.0 cm³/mol. The SMILES string of the molecule is O=C(N[C@@H]1CCCc2cc(OC(F)F)ccc21)c1ccc(-c2ncon2)cc1. The van der Waals surface area contributed by atoms with Crippen molar-refractivity contribution in [1.29, 1.82) is 0 Å². The molecule has 1 N–H and O–H groups in total. The van der Waals surface area contributed by atoms with Crippen molar-refractivity contribution in [2.75, 3.05) is 0 Å². The quantitative estimate of drug-likeness (QED) is 0.714. The third kappa shape index (κ3) is 3.85. The van der Waals surface area contributed by atoms with Crippen LogP contribution < -0.4 is 10.1 Å². The minimum Gasteiger partial charge on any atom is -0.435 e. The highest BCUT2D eigenvalue weighted by Gasteiger charge is 2.23. The predicted octanol–water partition coefficient (Wildman–Crippen LogP) is 4.15. The summed E-state index contributed by atoms with van der Waals surface area (Å²) >= 11 is 0. The summed E-state index contributed by atoms with van der Waals surface area (Å²) in [4.78, 5) is 16.6. The van der Waals surface area contributed by atoms with Crippen LogP contribution in [0.3, 0.4) is 0 Å². The van der Waals surface area contributed by atoms with Gasteiger partial charge in [0.15, 0.2) is 0 Å². The summed E-state index contributed by atoms with van der Waals surface area (Å²) in [5.74, 6) is 0.387. The second-order valence-corrected chi connectivity index (χ2v) is 6.49. The maximum Gasteiger partial charge on any atom is 0.387 e. The molecule has 1 aromatic heterocycles. The van der Waals surface area contributed by atoms with Crippen LogP contribution in [-0.2, 0) is 6.42 Å². The van der Waals surface area contributed by atoms with Crippen LogP contribution in [0.2, 0.25) is 0 Å². The first kappa shape index (κ1) is 18.1. The lowest BCUT2D eigenvalue weighted by Gasteiger charge is -2.27. The number of ether oxygens (including phenoxy) is 1. The number of hydrogen-bond donors (Lipinski definition) is 1. The van der Waals surface area contributed by atoms with E-state index in [4.69, 9.17) is 4.52 Å². The molecule has 0 spiro atoms. The average molecular weight is 385 g/mol. The second kappa shape index (κ2) is 7.75. The normalized spacial score (nSPS) is 15.9. The molecule has 6 nitrogen and oxygen atoms in total. The maximum atomic E-state index is 12.6. The van der Waals surface area contributed by atoms with Crippen molar-refractivity contribution < 1.29 is 22.8 Å². The second-order valence-electron chi connectivity index (χ2n) is 6.49. The van der Waals surface area contributed by atoms with Gasteiger partial charge in [-0.25, -0.2) is 0 Å². The van der Waals surface area contributed by atoms with E-state index in [0.29, 0.717) is 11.4 Å². The fourth-order valence-electron chi connectivity index (χ4n) is 3.43. The Kier molecular flexibility index (Phi) is 5.01. The zero-order valence-corrected chi connectivity index (χ0v) is 14.8. The summed E-state index contributed by atoms with van der Waals surface area (Å²) < 4.78 is 34.0. The molecule has 0 unspecified atom stereocenters. The van der Waals surface area contributed by atoms with Gasteiger partial charge in [-0.1, -0.05) is 23.4 Å². The summed E-state index contributed by atoms with van der Waals surface area (Å²) in [5, 5.41) is 6.79. The van der Waals surface area contributed by atoms with Crippen LogP contribution in [0.5, 0.6) is 5.75 Å². The van der Waals surface area contributed by atoms with Crippen LogP contribution in [0.4, 0.5) is 8.78 Å². The van der Waals surface area contributed by atoms with Gasteiger partial charge in [0.25, 0.3) is 5.91 Å². The number of fused-ring (bicyclic) bond motifs is 1. The van der Waals surface area contributed by atoms with Crippen LogP contribution in [-0.4, -0.2) is 22.7 Å². The minimum atomic E-state index is -2.85. The van der Waals surface area contributed by atoms with Gasteiger partial charge in [-0.3, -0.25) is 4.79 Å². The zero-order chi connectivity index (χ0) is 19.5. The van der Waals surface area contributed by atoms with Crippen molar-refractivity contribution in [3.8, 4) is 17.1 Å². The largest absolute Gasteiger partial charge is 0.435 e. The molecule has 144 valence electrons. The van der Waals surface area contributed by atoms with E-state index in [1.165, 1.54) is 12.5 Å². The average Bonchev–Trinajstić information content (AvgIpc) is 3.22. The highest BCUT2D eigenvalue weighted by molar-refractivity contribution is 5.94. The van der Waals surface area contributed by atoms with Gasteiger partial charge < -0.3 is 14.6 Å². The Bertz CT molecular complexity index is 959. The fraction of sp³-hybridized carbons (Fsp3) is 0.250. The molecule has 0 aliphatic heterocycles. The Balaban J connectivity index is 1.48. The number of benzene rings is 2. The number of nitrogens with zero attached hydrogens (tertiary/aromatic N) is 2. The molecule has 1 aliphatic rings. The maximum absolute atomic E-state index is 12.6. The first-order valence-corrected chi connectivity index (χ1v) is 8.85. The number of carbonyl (C=O) groups is 1. The summed E-state index contributed by atoms with van der Waals surface area (Å²) in [6.07, 6.45) is 3.65. The van der Waals surface area contributed by atoms with E-state index in [-0.39, 0.29) is 17.7 Å². The van der Waals surface area contributed by atoms with Crippen LogP contribution in [0.25, 0.3) is 11.4 Å². The van der Waals surface area contributed by atoms with Crippen LogP contribution >= 0.6 is 0 Å². The Morgan fingerprint density at radius 3 is 2.75 bits per heavy atom. The Hall–Kier alpha value is -3.29. The monoisotopic (exact) mass is 385 g/mol. The molecule has 8 heteroatoms. The molecule has 28 heavy (non-hydrogen) atoms. The van der Waals surface area contributed by atoms with Gasteiger partial charge in [0.1, 0.15) is 5.75 Å². The summed E-state index contributed by atoms with van der Waals surface area (Å²) in [6, 6.07) is 11.6. The fourth-order valence-corrected chi connectivity index (χ4v) is 3.43. The van der Waals surface area contributed by atoms with Crippen molar-refractivity contribution >= 4 is 5.91 Å². The molecular weight excluding hydrogens is 368 g/mol. The molecule has 1 aliphatic carbocycles. The first-order valence-electron chi connectivity index (χ1n) is 8.85. The third-order valence-corrected chi connectivity index (χ3v) is 4.73. The molecule has 0 saturated heterocycles. The van der Waals surface area contributed by atoms with E-state index in [0.717, 1.165) is 36.0 Å². The lowest BCUT2D eigenvalue weighted by molar-refractivity contribution is -0.0499. The number of hydrogen-bond acceptors (Lipinski definition) is 5. The standard InChI is InChI=1S/C20H17F2N3O3/c21-20(22)28-15-8-9-16-14(10-15)2-1-3-17(16)24-19(26)13-6-4-12(5-7-13)18-23-11-27-25-18/h4-11,17,20H,1-3H2,(H,24,26)/t17-/m1/s1. The molecule has 2 aromatic carbocycles. The minimum absolute atomic E-state index is 0.137. The van der Waals surface area contributed by atoms with Crippen molar-refractivity contribution in [2.45, 2.75) is 31.9 Å². The number of aromatic nitrogens is 2. The van der Waals surface area contributed by atoms with Gasteiger partial charge in [-0.15, -0.1) is 0 Å². The van der Waals surface area contributed by atoms with Crippen molar-refractivity contribution in [2.24, 2.45) is 0 Å². The van der Waals surface area contributed by atoms with E-state index < -0.39 is 6.61 Å². The van der Waals surface area contributed by atoms with Gasteiger partial charge in [0, 0.05) is 11.1 Å². The van der Waals surface area contributed by atoms with E-state index in [9.17, 15) is 13.6 Å². The molecule has 0 bridgehead atoms. The highest BCUT2D eigenvalue weighted by atomic mass is 19.3. The molecule has 0 radical (unpaired) electrons. The number of carbonyl (C=O) groups excluding carboxylic acids is 1. The summed E-state index contributed by atoms with van der Waals surface area (Å²) in [5.41, 5.74) is 3.11. The zero-order valence-electron chi connectivity index (χ0n) is 14.8. The molecule has 4 rings (SSSR count). The number of rotatable bonds is 5. The Morgan fingerprint density at radius 1 is 1.21 bits per heavy atom. The van der Waals surface area contributed by atoms with E-state index in [2.05, 4.69) is 20.2 Å². The van der Waals surface area contributed by atoms with Gasteiger partial charge in [-0.2, -0.15) is 13.8 Å². The number of amides is 1. The molecule has 1 atom stereocenters. The lowest BCUT2D eigenvalue weighted by atomic mass is 9.87. The number of nitrogens with one attached hydrogen (secondary N) is 1. The molecule has 0 fully saturated rings. The van der Waals surface area contributed by atoms with Crippen LogP contribution in [0, 0.1) is 0 Å². The van der Waals surface area contributed by atoms with Gasteiger partial charge in [-0.05, 0) is 54.7 Å². The number of alkyl halides is 2. The van der Waals surface area contributed by atoms with E-state index in [1.54, 1.807) is 36.4 Å². The Labute approximate surface area is 159 Å². The van der Waals surface area contributed by atoms with Gasteiger partial charge in [0.05, 0.1) is 6.04 Å². The topological polar surface area (TPSA) is 77.2 Å². The first-order chi connectivity index (χ1) is 13.6. The van der Waals surface area contributed by atoms with Crippen molar-refractivity contribution in [1.82, 2.24) is 15.5 Å². The number of halogens is 2. The molecule has 1 heterocycles. The third-order valence-electron chi connectivity index (χ3n) is 4.73. The summed E-state index contributed by atoms with van der Waals surface area (Å²) in [7, 11) is 0. The van der Waals surface area contributed by atoms with Crippen LogP contribution in [0.15, 0.2) is 53.4 Å². The highest BCUT2D eigenvalue weighted by Crippen LogP contribution is 2.33. The van der Waals surface area contributed by atoms with Crippen LogP contribution in [0.1, 0.15) is 40.4 Å². The molecule has 3 aromatic rings. The van der Waals surface area contributed by atoms with Gasteiger partial charge in [0.2, 0.25) is 12.2 Å². The van der Waals surface area contributed by atoms with E-state index in [1.807, 2.05) is 0 Å². The van der Waals surface area contributed by atoms with Crippen molar-refractivity contribution in [3.05, 3.63) is 65.5 Å². The number of aryl methyl sites for hydroxylation is 1. The smallest absolute Gasteiger partial charge is 0.387 e.